The standard InChI is InChI=1S/C16H16Cl2FNO/c1-10(2)20-9-11-3-6-15(14(19)7-11)21-16-8-12(17)4-5-13(16)18/h3-8,10,20H,9H2,1-2H3. The molecule has 21 heavy (non-hydrogen) atoms. The molecule has 0 aliphatic rings. The van der Waals surface area contributed by atoms with Crippen LogP contribution < -0.4 is 10.1 Å². The van der Waals surface area contributed by atoms with Gasteiger partial charge in [0.15, 0.2) is 11.6 Å². The SMILES string of the molecule is CC(C)NCc1ccc(Oc2cc(Cl)ccc2Cl)c(F)c1. The maximum absolute atomic E-state index is 14.1. The molecule has 0 atom stereocenters. The Labute approximate surface area is 133 Å². The molecule has 0 saturated heterocycles. The van der Waals surface area contributed by atoms with E-state index in [1.165, 1.54) is 6.07 Å². The Kier molecular flexibility index (Phi) is 5.45. The molecule has 0 radical (unpaired) electrons. The van der Waals surface area contributed by atoms with Gasteiger partial charge in [-0.05, 0) is 29.8 Å². The fourth-order valence-corrected chi connectivity index (χ4v) is 2.05. The first-order valence-corrected chi connectivity index (χ1v) is 7.36. The first-order valence-electron chi connectivity index (χ1n) is 6.60. The van der Waals surface area contributed by atoms with Crippen LogP contribution in [0.5, 0.6) is 11.5 Å². The fourth-order valence-electron chi connectivity index (χ4n) is 1.73. The highest BCUT2D eigenvalue weighted by Gasteiger charge is 2.09. The molecule has 2 aromatic rings. The number of nitrogens with one attached hydrogen (secondary N) is 1. The van der Waals surface area contributed by atoms with E-state index in [-0.39, 0.29) is 5.75 Å². The van der Waals surface area contributed by atoms with Gasteiger partial charge < -0.3 is 10.1 Å². The smallest absolute Gasteiger partial charge is 0.166 e. The summed E-state index contributed by atoms with van der Waals surface area (Å²) in [6, 6.07) is 10.00. The van der Waals surface area contributed by atoms with Crippen LogP contribution in [-0.2, 0) is 6.54 Å². The van der Waals surface area contributed by atoms with Crippen LogP contribution in [-0.4, -0.2) is 6.04 Å². The Morgan fingerprint density at radius 3 is 2.52 bits per heavy atom. The van der Waals surface area contributed by atoms with Crippen LogP contribution in [0, 0.1) is 5.82 Å². The van der Waals surface area contributed by atoms with Crippen molar-refractivity contribution in [3.63, 3.8) is 0 Å². The van der Waals surface area contributed by atoms with Crippen LogP contribution in [0.4, 0.5) is 4.39 Å². The van der Waals surface area contributed by atoms with Gasteiger partial charge in [0.2, 0.25) is 0 Å². The molecule has 0 heterocycles. The van der Waals surface area contributed by atoms with Gasteiger partial charge in [0.25, 0.3) is 0 Å². The van der Waals surface area contributed by atoms with Crippen molar-refractivity contribution in [3.8, 4) is 11.5 Å². The second-order valence-electron chi connectivity index (χ2n) is 4.98. The fraction of sp³-hybridized carbons (Fsp3) is 0.250. The van der Waals surface area contributed by atoms with Crippen molar-refractivity contribution in [2.45, 2.75) is 26.4 Å². The zero-order chi connectivity index (χ0) is 15.4. The van der Waals surface area contributed by atoms with Crippen molar-refractivity contribution in [2.24, 2.45) is 0 Å². The Morgan fingerprint density at radius 2 is 1.86 bits per heavy atom. The average molecular weight is 328 g/mol. The summed E-state index contributed by atoms with van der Waals surface area (Å²) < 4.78 is 19.6. The third-order valence-corrected chi connectivity index (χ3v) is 3.37. The Hall–Kier alpha value is -1.29. The van der Waals surface area contributed by atoms with Gasteiger partial charge in [-0.3, -0.25) is 0 Å². The molecular formula is C16H16Cl2FNO. The van der Waals surface area contributed by atoms with Crippen molar-refractivity contribution < 1.29 is 9.13 Å². The molecule has 2 nitrogen and oxygen atoms in total. The van der Waals surface area contributed by atoms with E-state index in [1.807, 2.05) is 19.9 Å². The maximum atomic E-state index is 14.1. The Morgan fingerprint density at radius 1 is 1.10 bits per heavy atom. The minimum absolute atomic E-state index is 0.118. The van der Waals surface area contributed by atoms with Crippen molar-refractivity contribution >= 4 is 23.2 Å². The van der Waals surface area contributed by atoms with Gasteiger partial charge >= 0.3 is 0 Å². The summed E-state index contributed by atoms with van der Waals surface area (Å²) in [5.74, 6) is 0.0117. The summed E-state index contributed by atoms with van der Waals surface area (Å²) in [6.45, 7) is 4.68. The topological polar surface area (TPSA) is 21.3 Å². The van der Waals surface area contributed by atoms with E-state index in [4.69, 9.17) is 27.9 Å². The lowest BCUT2D eigenvalue weighted by Crippen LogP contribution is -2.21. The molecule has 0 aliphatic carbocycles. The van der Waals surface area contributed by atoms with Gasteiger partial charge in [0.1, 0.15) is 5.75 Å². The quantitative estimate of drug-likeness (QED) is 0.791. The van der Waals surface area contributed by atoms with E-state index in [9.17, 15) is 4.39 Å². The highest BCUT2D eigenvalue weighted by Crippen LogP contribution is 2.33. The minimum Gasteiger partial charge on any atom is -0.453 e. The molecule has 0 saturated carbocycles. The Bertz CT molecular complexity index is 632. The Balaban J connectivity index is 2.15. The molecule has 5 heteroatoms. The van der Waals surface area contributed by atoms with Gasteiger partial charge in [-0.2, -0.15) is 0 Å². The van der Waals surface area contributed by atoms with Crippen molar-refractivity contribution in [3.05, 3.63) is 57.8 Å². The molecule has 2 rings (SSSR count). The highest BCUT2D eigenvalue weighted by molar-refractivity contribution is 6.34. The zero-order valence-electron chi connectivity index (χ0n) is 11.8. The van der Waals surface area contributed by atoms with Gasteiger partial charge in [0.05, 0.1) is 5.02 Å². The lowest BCUT2D eigenvalue weighted by molar-refractivity contribution is 0.441. The number of benzene rings is 2. The van der Waals surface area contributed by atoms with Crippen molar-refractivity contribution in [1.82, 2.24) is 5.32 Å². The van der Waals surface area contributed by atoms with Crippen LogP contribution in [0.25, 0.3) is 0 Å². The predicted octanol–water partition coefficient (Wildman–Crippen LogP) is 5.42. The number of ether oxygens (including phenoxy) is 1. The molecule has 1 N–H and O–H groups in total. The first-order chi connectivity index (χ1) is 9.95. The highest BCUT2D eigenvalue weighted by atomic mass is 35.5. The summed E-state index contributed by atoms with van der Waals surface area (Å²) in [5.41, 5.74) is 0.853. The molecule has 0 spiro atoms. The third kappa shape index (κ3) is 4.60. The molecular weight excluding hydrogens is 312 g/mol. The van der Waals surface area contributed by atoms with Gasteiger partial charge in [0, 0.05) is 23.7 Å². The molecule has 2 aromatic carbocycles. The van der Waals surface area contributed by atoms with Crippen LogP contribution in [0.1, 0.15) is 19.4 Å². The predicted molar refractivity (Wildman–Crippen MR) is 84.9 cm³/mol. The monoisotopic (exact) mass is 327 g/mol. The van der Waals surface area contributed by atoms with Crippen LogP contribution in [0.2, 0.25) is 10.0 Å². The third-order valence-electron chi connectivity index (χ3n) is 2.82. The second-order valence-corrected chi connectivity index (χ2v) is 5.82. The molecule has 0 aromatic heterocycles. The van der Waals surface area contributed by atoms with Gasteiger partial charge in [-0.25, -0.2) is 4.39 Å². The molecule has 0 amide bonds. The molecule has 112 valence electrons. The van der Waals surface area contributed by atoms with Gasteiger partial charge in [-0.15, -0.1) is 0 Å². The van der Waals surface area contributed by atoms with Crippen molar-refractivity contribution in [1.29, 1.82) is 0 Å². The van der Waals surface area contributed by atoms with E-state index >= 15 is 0 Å². The van der Waals surface area contributed by atoms with Crippen LogP contribution in [0.15, 0.2) is 36.4 Å². The van der Waals surface area contributed by atoms with E-state index in [2.05, 4.69) is 5.32 Å². The number of hydrogen-bond acceptors (Lipinski definition) is 2. The summed E-state index contributed by atoms with van der Waals surface area (Å²) in [6.07, 6.45) is 0. The molecule has 0 unspecified atom stereocenters. The number of rotatable bonds is 5. The van der Waals surface area contributed by atoms with Crippen molar-refractivity contribution in [2.75, 3.05) is 0 Å². The minimum atomic E-state index is -0.436. The van der Waals surface area contributed by atoms with E-state index in [1.54, 1.807) is 24.3 Å². The summed E-state index contributed by atoms with van der Waals surface area (Å²) in [4.78, 5) is 0. The number of halogens is 3. The van der Waals surface area contributed by atoms with E-state index < -0.39 is 5.82 Å². The van der Waals surface area contributed by atoms with Gasteiger partial charge in [-0.1, -0.05) is 43.1 Å². The second kappa shape index (κ2) is 7.12. The van der Waals surface area contributed by atoms with Crippen LogP contribution >= 0.6 is 23.2 Å². The molecule has 0 fully saturated rings. The first kappa shape index (κ1) is 16.1. The summed E-state index contributed by atoms with van der Waals surface area (Å²) in [5, 5.41) is 4.09. The van der Waals surface area contributed by atoms with E-state index in [0.717, 1.165) is 5.56 Å². The lowest BCUT2D eigenvalue weighted by atomic mass is 10.2. The summed E-state index contributed by atoms with van der Waals surface area (Å²) in [7, 11) is 0. The van der Waals surface area contributed by atoms with E-state index in [0.29, 0.717) is 28.4 Å². The van der Waals surface area contributed by atoms with Crippen LogP contribution in [0.3, 0.4) is 0 Å². The largest absolute Gasteiger partial charge is 0.453 e. The average Bonchev–Trinajstić information content (AvgIpc) is 2.43. The zero-order valence-corrected chi connectivity index (χ0v) is 13.3. The maximum Gasteiger partial charge on any atom is 0.166 e. The normalized spacial score (nSPS) is 11.0. The summed E-state index contributed by atoms with van der Waals surface area (Å²) >= 11 is 11.9. The molecule has 0 bridgehead atoms. The number of hydrogen-bond donors (Lipinski definition) is 1. The molecule has 0 aliphatic heterocycles. The lowest BCUT2D eigenvalue weighted by Gasteiger charge is -2.11.